The van der Waals surface area contributed by atoms with Crippen LogP contribution in [0.25, 0.3) is 6.08 Å². The summed E-state index contributed by atoms with van der Waals surface area (Å²) in [5, 5.41) is 20.1. The molecule has 0 bridgehead atoms. The van der Waals surface area contributed by atoms with Gasteiger partial charge < -0.3 is 14.8 Å². The molecule has 2 N–H and O–H groups in total. The summed E-state index contributed by atoms with van der Waals surface area (Å²) >= 11 is 0. The molecule has 4 rings (SSSR count). The lowest BCUT2D eigenvalue weighted by atomic mass is 9.57. The van der Waals surface area contributed by atoms with E-state index in [-0.39, 0.29) is 47.3 Å². The van der Waals surface area contributed by atoms with Crippen LogP contribution >= 0.6 is 0 Å². The van der Waals surface area contributed by atoms with E-state index in [0.717, 1.165) is 24.0 Å². The van der Waals surface area contributed by atoms with Gasteiger partial charge in [-0.1, -0.05) is 50.1 Å². The summed E-state index contributed by atoms with van der Waals surface area (Å²) in [6.07, 6.45) is 5.24. The number of fused-ring (bicyclic) bond motifs is 3. The number of carbonyl (C=O) groups is 2. The van der Waals surface area contributed by atoms with Crippen LogP contribution in [0.15, 0.2) is 41.0 Å². The normalized spacial score (nSPS) is 28.0. The Morgan fingerprint density at radius 3 is 2.55 bits per heavy atom. The van der Waals surface area contributed by atoms with Gasteiger partial charge in [0.15, 0.2) is 0 Å². The first kappa shape index (κ1) is 23.8. The Balaban J connectivity index is 1.62. The highest BCUT2D eigenvalue weighted by molar-refractivity contribution is 6.43. The Bertz CT molecular complexity index is 983. The molecular formula is C26H34BNO5. The zero-order valence-corrected chi connectivity index (χ0v) is 20.0. The fourth-order valence-electron chi connectivity index (χ4n) is 5.88. The topological polar surface area (TPSA) is 87.1 Å². The summed E-state index contributed by atoms with van der Waals surface area (Å²) in [5.41, 5.74) is 4.66. The van der Waals surface area contributed by atoms with Gasteiger partial charge >= 0.3 is 7.12 Å². The maximum atomic E-state index is 13.0. The zero-order chi connectivity index (χ0) is 23.9. The van der Waals surface area contributed by atoms with Crippen molar-refractivity contribution in [1.29, 1.82) is 0 Å². The molecule has 3 aliphatic rings. The van der Waals surface area contributed by atoms with Gasteiger partial charge in [0, 0.05) is 7.05 Å². The van der Waals surface area contributed by atoms with Crippen molar-refractivity contribution in [3.8, 4) is 5.75 Å². The minimum absolute atomic E-state index is 0.0927. The highest BCUT2D eigenvalue weighted by atomic mass is 16.5. The molecule has 2 aliphatic heterocycles. The van der Waals surface area contributed by atoms with Crippen molar-refractivity contribution in [2.75, 3.05) is 7.05 Å². The van der Waals surface area contributed by atoms with Crippen molar-refractivity contribution < 1.29 is 24.4 Å². The number of hydrogen-bond acceptors (Lipinski definition) is 5. The average molecular weight is 451 g/mol. The van der Waals surface area contributed by atoms with Gasteiger partial charge in [0.05, 0.1) is 17.9 Å². The molecule has 0 aromatic heterocycles. The maximum Gasteiger partial charge on any atom is 0.455 e. The molecule has 2 saturated heterocycles. The Morgan fingerprint density at radius 1 is 1.21 bits per heavy atom. The van der Waals surface area contributed by atoms with Crippen LogP contribution in [-0.4, -0.2) is 47.1 Å². The summed E-state index contributed by atoms with van der Waals surface area (Å²) in [4.78, 5) is 27.0. The minimum atomic E-state index is -0.934. The zero-order valence-electron chi connectivity index (χ0n) is 20.0. The smallest absolute Gasteiger partial charge is 0.455 e. The molecule has 0 spiro atoms. The summed E-state index contributed by atoms with van der Waals surface area (Å²) in [6, 6.07) is 7.14. The number of likely N-dealkylation sites (tertiary alicyclic amines) is 1. The highest BCUT2D eigenvalue weighted by Crippen LogP contribution is 2.51. The number of carbonyl (C=O) groups excluding carboxylic acids is 2. The number of phenolic OH excluding ortho intramolecular Hbond substituents is 1. The van der Waals surface area contributed by atoms with Crippen LogP contribution in [-0.2, 0) is 14.2 Å². The molecule has 0 unspecified atom stereocenters. The molecule has 1 aromatic carbocycles. The monoisotopic (exact) mass is 451 g/mol. The van der Waals surface area contributed by atoms with Gasteiger partial charge in [-0.05, 0) is 67.1 Å². The van der Waals surface area contributed by atoms with E-state index in [4.69, 9.17) is 4.65 Å². The quantitative estimate of drug-likeness (QED) is 0.387. The van der Waals surface area contributed by atoms with Crippen LogP contribution in [0.5, 0.6) is 5.75 Å². The number of nitrogens with zero attached hydrogens (tertiary/aromatic N) is 1. The predicted octanol–water partition coefficient (Wildman–Crippen LogP) is 4.05. The van der Waals surface area contributed by atoms with Gasteiger partial charge in [-0.3, -0.25) is 14.5 Å². The second kappa shape index (κ2) is 9.47. The molecule has 2 fully saturated rings. The lowest BCUT2D eigenvalue weighted by Crippen LogP contribution is -2.46. The second-order valence-corrected chi connectivity index (χ2v) is 9.92. The van der Waals surface area contributed by atoms with Gasteiger partial charge in [-0.25, -0.2) is 0 Å². The van der Waals surface area contributed by atoms with Gasteiger partial charge in [0.25, 0.3) is 0 Å². The minimum Gasteiger partial charge on any atom is -0.508 e. The fraction of sp³-hybridized carbons (Fsp3) is 0.538. The lowest BCUT2D eigenvalue weighted by molar-refractivity contribution is -0.138. The van der Waals surface area contributed by atoms with Gasteiger partial charge in [-0.2, -0.15) is 0 Å². The Kier molecular flexibility index (Phi) is 6.82. The molecule has 6 nitrogen and oxygen atoms in total. The number of hydrogen-bond donors (Lipinski definition) is 2. The summed E-state index contributed by atoms with van der Waals surface area (Å²) in [5.74, 6) is -0.580. The number of allylic oxidation sites excluding steroid dienone is 2. The van der Waals surface area contributed by atoms with Crippen LogP contribution < -0.4 is 0 Å². The fourth-order valence-corrected chi connectivity index (χ4v) is 5.88. The molecule has 7 heteroatoms. The lowest BCUT2D eigenvalue weighted by Gasteiger charge is -2.44. The van der Waals surface area contributed by atoms with Crippen molar-refractivity contribution in [3.63, 3.8) is 0 Å². The van der Waals surface area contributed by atoms with E-state index >= 15 is 0 Å². The summed E-state index contributed by atoms with van der Waals surface area (Å²) in [6.45, 7) is 6.39. The van der Waals surface area contributed by atoms with Crippen molar-refractivity contribution in [2.45, 2.75) is 58.9 Å². The molecule has 2 heterocycles. The molecule has 33 heavy (non-hydrogen) atoms. The Hall–Kier alpha value is -2.38. The van der Waals surface area contributed by atoms with Crippen LogP contribution in [0, 0.1) is 23.7 Å². The van der Waals surface area contributed by atoms with E-state index in [1.165, 1.54) is 16.0 Å². The molecule has 0 radical (unpaired) electrons. The van der Waals surface area contributed by atoms with Crippen LogP contribution in [0.2, 0.25) is 6.32 Å². The third-order valence-corrected chi connectivity index (χ3v) is 7.61. The first-order valence-electron chi connectivity index (χ1n) is 12.1. The molecule has 1 aliphatic carbocycles. The second-order valence-electron chi connectivity index (χ2n) is 9.92. The summed E-state index contributed by atoms with van der Waals surface area (Å²) in [7, 11) is 0.642. The SMILES string of the molecule is CC/C(=C\c1ccc(O)cc1)CC[C@H]1OB(O)C[C@H]2C1=C(C(C)C)C[C@H]1C(=O)N(C)C(=O)[C@H]12. The van der Waals surface area contributed by atoms with E-state index in [2.05, 4.69) is 26.8 Å². The Morgan fingerprint density at radius 2 is 1.91 bits per heavy atom. The first-order valence-corrected chi connectivity index (χ1v) is 12.1. The van der Waals surface area contributed by atoms with Crippen molar-refractivity contribution >= 4 is 25.0 Å². The predicted molar refractivity (Wildman–Crippen MR) is 128 cm³/mol. The van der Waals surface area contributed by atoms with Crippen molar-refractivity contribution in [3.05, 3.63) is 46.5 Å². The Labute approximate surface area is 196 Å². The van der Waals surface area contributed by atoms with Crippen molar-refractivity contribution in [1.82, 2.24) is 4.90 Å². The van der Waals surface area contributed by atoms with Crippen molar-refractivity contribution in [2.24, 2.45) is 23.7 Å². The standard InChI is InChI=1S/C26H34BNO5/c1-5-16(12-17-6-9-18(29)10-7-17)8-11-22-23-19(15(2)3)13-20-24(21(23)14-27(32)33-22)26(31)28(4)25(20)30/h6-7,9-10,12,15,20-22,24,29,32H,5,8,11,13-14H2,1-4H3/b16-12+/t20-,21+,22-,24-/m1/s1. The number of aromatic hydroxyl groups is 1. The number of phenols is 1. The third-order valence-electron chi connectivity index (χ3n) is 7.61. The largest absolute Gasteiger partial charge is 0.508 e. The van der Waals surface area contributed by atoms with E-state index in [9.17, 15) is 19.7 Å². The summed E-state index contributed by atoms with van der Waals surface area (Å²) < 4.78 is 6.06. The molecular weight excluding hydrogens is 417 g/mol. The average Bonchev–Trinajstić information content (AvgIpc) is 3.00. The van der Waals surface area contributed by atoms with E-state index < -0.39 is 7.12 Å². The third kappa shape index (κ3) is 4.53. The van der Waals surface area contributed by atoms with Crippen LogP contribution in [0.4, 0.5) is 0 Å². The molecule has 1 aromatic rings. The molecule has 2 amide bonds. The number of amides is 2. The molecule has 0 saturated carbocycles. The van der Waals surface area contributed by atoms with Crippen LogP contribution in [0.3, 0.4) is 0 Å². The maximum absolute atomic E-state index is 13.0. The number of imide groups is 1. The van der Waals surface area contributed by atoms with Gasteiger partial charge in [0.2, 0.25) is 11.8 Å². The number of rotatable bonds is 6. The van der Waals surface area contributed by atoms with Gasteiger partial charge in [0.1, 0.15) is 5.75 Å². The molecule has 4 atom stereocenters. The molecule has 176 valence electrons. The first-order chi connectivity index (χ1) is 15.7. The van der Waals surface area contributed by atoms with E-state index in [1.807, 2.05) is 12.1 Å². The number of benzene rings is 1. The van der Waals surface area contributed by atoms with Gasteiger partial charge in [-0.15, -0.1) is 0 Å². The van der Waals surface area contributed by atoms with E-state index in [0.29, 0.717) is 19.2 Å². The van der Waals surface area contributed by atoms with Crippen LogP contribution in [0.1, 0.15) is 52.0 Å². The van der Waals surface area contributed by atoms with E-state index in [1.54, 1.807) is 19.2 Å². The highest BCUT2D eigenvalue weighted by Gasteiger charge is 2.56.